The van der Waals surface area contributed by atoms with Gasteiger partial charge >= 0.3 is 0 Å². The number of rotatable bonds is 0. The second-order valence-corrected chi connectivity index (χ2v) is 2.76. The minimum absolute atomic E-state index is 0.544. The van der Waals surface area contributed by atoms with E-state index in [4.69, 9.17) is 0 Å². The molecule has 2 rings (SSSR count). The van der Waals surface area contributed by atoms with Crippen LogP contribution in [0.3, 0.4) is 0 Å². The van der Waals surface area contributed by atoms with Crippen LogP contribution in [0, 0.1) is 0 Å². The first-order chi connectivity index (χ1) is 4.97. The molecule has 56 valence electrons. The third-order valence-electron chi connectivity index (χ3n) is 2.04. The summed E-state index contributed by atoms with van der Waals surface area (Å²) in [5.74, 6) is 0. The Morgan fingerprint density at radius 2 is 2.50 bits per heavy atom. The summed E-state index contributed by atoms with van der Waals surface area (Å²) in [6, 6.07) is 0.544. The van der Waals surface area contributed by atoms with Gasteiger partial charge in [0.1, 0.15) is 0 Å². The van der Waals surface area contributed by atoms with Crippen LogP contribution in [0.4, 0.5) is 0 Å². The largest absolute Gasteiger partial charge is 0.375 e. The summed E-state index contributed by atoms with van der Waals surface area (Å²) in [6.45, 7) is 3.11. The molecule has 2 aliphatic heterocycles. The zero-order valence-corrected chi connectivity index (χ0v) is 5.98. The molecule has 0 aromatic carbocycles. The SMILES string of the molecule is C1=C2NCNCC2NCC1. The Morgan fingerprint density at radius 3 is 3.40 bits per heavy atom. The summed E-state index contributed by atoms with van der Waals surface area (Å²) in [5.41, 5.74) is 1.38. The number of nitrogens with one attached hydrogen (secondary N) is 3. The van der Waals surface area contributed by atoms with Crippen molar-refractivity contribution in [3.8, 4) is 0 Å². The number of hydrogen-bond donors (Lipinski definition) is 3. The van der Waals surface area contributed by atoms with Crippen LogP contribution in [-0.2, 0) is 0 Å². The molecule has 0 saturated carbocycles. The minimum atomic E-state index is 0.544. The Balaban J connectivity index is 2.08. The summed E-state index contributed by atoms with van der Waals surface area (Å²) in [7, 11) is 0. The van der Waals surface area contributed by atoms with Crippen molar-refractivity contribution >= 4 is 0 Å². The van der Waals surface area contributed by atoms with Crippen LogP contribution >= 0.6 is 0 Å². The van der Waals surface area contributed by atoms with Gasteiger partial charge in [-0.1, -0.05) is 6.08 Å². The van der Waals surface area contributed by atoms with Crippen LogP contribution in [0.5, 0.6) is 0 Å². The molecule has 3 N–H and O–H groups in total. The molecule has 1 fully saturated rings. The van der Waals surface area contributed by atoms with Gasteiger partial charge in [-0.25, -0.2) is 0 Å². The van der Waals surface area contributed by atoms with Crippen molar-refractivity contribution in [3.63, 3.8) is 0 Å². The predicted molar refractivity (Wildman–Crippen MR) is 40.5 cm³/mol. The van der Waals surface area contributed by atoms with E-state index < -0.39 is 0 Å². The van der Waals surface area contributed by atoms with Gasteiger partial charge in [-0.05, 0) is 13.0 Å². The van der Waals surface area contributed by atoms with E-state index in [2.05, 4.69) is 22.0 Å². The van der Waals surface area contributed by atoms with Gasteiger partial charge in [0.2, 0.25) is 0 Å². The zero-order valence-electron chi connectivity index (χ0n) is 5.98. The van der Waals surface area contributed by atoms with Crippen LogP contribution in [-0.4, -0.2) is 25.8 Å². The van der Waals surface area contributed by atoms with E-state index in [1.165, 1.54) is 12.1 Å². The summed E-state index contributed by atoms with van der Waals surface area (Å²) >= 11 is 0. The third kappa shape index (κ3) is 1.02. The number of hydrogen-bond acceptors (Lipinski definition) is 3. The van der Waals surface area contributed by atoms with Gasteiger partial charge in [-0.2, -0.15) is 0 Å². The molecule has 0 spiro atoms. The van der Waals surface area contributed by atoms with Crippen molar-refractivity contribution in [1.29, 1.82) is 0 Å². The molecular formula is C7H13N3. The standard InChI is InChI=1S/C7H13N3/c1-2-6-7(9-3-1)4-8-5-10-6/h2,7-10H,1,3-5H2. The molecule has 0 radical (unpaired) electrons. The average molecular weight is 139 g/mol. The maximum Gasteiger partial charge on any atom is 0.0651 e. The van der Waals surface area contributed by atoms with Crippen molar-refractivity contribution in [3.05, 3.63) is 11.8 Å². The molecule has 3 nitrogen and oxygen atoms in total. The maximum absolute atomic E-state index is 3.43. The van der Waals surface area contributed by atoms with Gasteiger partial charge < -0.3 is 10.6 Å². The fourth-order valence-corrected chi connectivity index (χ4v) is 1.50. The molecule has 1 unspecified atom stereocenters. The molecule has 0 amide bonds. The van der Waals surface area contributed by atoms with Crippen LogP contribution in [0.25, 0.3) is 0 Å². The molecule has 3 heteroatoms. The Kier molecular flexibility index (Phi) is 1.61. The van der Waals surface area contributed by atoms with Crippen LogP contribution in [0.1, 0.15) is 6.42 Å². The second-order valence-electron chi connectivity index (χ2n) is 2.76. The van der Waals surface area contributed by atoms with Gasteiger partial charge in [0.15, 0.2) is 0 Å². The van der Waals surface area contributed by atoms with Crippen molar-refractivity contribution in [1.82, 2.24) is 16.0 Å². The van der Waals surface area contributed by atoms with E-state index in [1.807, 2.05) is 0 Å². The third-order valence-corrected chi connectivity index (χ3v) is 2.04. The van der Waals surface area contributed by atoms with Crippen molar-refractivity contribution < 1.29 is 0 Å². The molecule has 0 bridgehead atoms. The lowest BCUT2D eigenvalue weighted by Crippen LogP contribution is -2.53. The Morgan fingerprint density at radius 1 is 1.50 bits per heavy atom. The smallest absolute Gasteiger partial charge is 0.0651 e. The van der Waals surface area contributed by atoms with E-state index in [-0.39, 0.29) is 0 Å². The number of fused-ring (bicyclic) bond motifs is 1. The van der Waals surface area contributed by atoms with Crippen LogP contribution in [0.15, 0.2) is 11.8 Å². The lowest BCUT2D eigenvalue weighted by atomic mass is 10.1. The summed E-state index contributed by atoms with van der Waals surface area (Å²) in [5, 5.41) is 10.0. The van der Waals surface area contributed by atoms with Crippen molar-refractivity contribution in [2.24, 2.45) is 0 Å². The molecule has 2 heterocycles. The normalized spacial score (nSPS) is 32.0. The summed E-state index contributed by atoms with van der Waals surface area (Å²) in [4.78, 5) is 0. The van der Waals surface area contributed by atoms with E-state index in [1.54, 1.807) is 0 Å². The van der Waals surface area contributed by atoms with Crippen LogP contribution < -0.4 is 16.0 Å². The average Bonchev–Trinajstić information content (AvgIpc) is 2.05. The van der Waals surface area contributed by atoms with Gasteiger partial charge in [0.25, 0.3) is 0 Å². The topological polar surface area (TPSA) is 36.1 Å². The van der Waals surface area contributed by atoms with Gasteiger partial charge in [0.05, 0.1) is 12.7 Å². The second kappa shape index (κ2) is 2.60. The predicted octanol–water partition coefficient (Wildman–Crippen LogP) is -0.617. The molecular weight excluding hydrogens is 126 g/mol. The molecule has 1 atom stereocenters. The molecule has 2 aliphatic rings. The highest BCUT2D eigenvalue weighted by atomic mass is 15.2. The quantitative estimate of drug-likeness (QED) is 0.419. The highest BCUT2D eigenvalue weighted by Crippen LogP contribution is 2.06. The van der Waals surface area contributed by atoms with E-state index in [0.29, 0.717) is 6.04 Å². The van der Waals surface area contributed by atoms with Gasteiger partial charge in [-0.3, -0.25) is 5.32 Å². The molecule has 0 aromatic heterocycles. The van der Waals surface area contributed by atoms with Crippen LogP contribution in [0.2, 0.25) is 0 Å². The minimum Gasteiger partial charge on any atom is -0.375 e. The molecule has 1 saturated heterocycles. The van der Waals surface area contributed by atoms with Gasteiger partial charge in [0, 0.05) is 12.2 Å². The molecule has 0 aliphatic carbocycles. The molecule has 0 aromatic rings. The Bertz CT molecular complexity index is 153. The van der Waals surface area contributed by atoms with Crippen molar-refractivity contribution in [2.45, 2.75) is 12.5 Å². The lowest BCUT2D eigenvalue weighted by molar-refractivity contribution is 0.425. The summed E-state index contributed by atoms with van der Waals surface area (Å²) < 4.78 is 0. The maximum atomic E-state index is 3.43. The lowest BCUT2D eigenvalue weighted by Gasteiger charge is -2.31. The Hall–Kier alpha value is -0.540. The first-order valence-corrected chi connectivity index (χ1v) is 3.85. The first kappa shape index (κ1) is 6.19. The highest BCUT2D eigenvalue weighted by Gasteiger charge is 2.18. The fraction of sp³-hybridized carbons (Fsp3) is 0.714. The Labute approximate surface area is 60.9 Å². The fourth-order valence-electron chi connectivity index (χ4n) is 1.50. The van der Waals surface area contributed by atoms with E-state index >= 15 is 0 Å². The zero-order chi connectivity index (χ0) is 6.81. The first-order valence-electron chi connectivity index (χ1n) is 3.85. The molecule has 10 heavy (non-hydrogen) atoms. The monoisotopic (exact) mass is 139 g/mol. The van der Waals surface area contributed by atoms with E-state index in [9.17, 15) is 0 Å². The summed E-state index contributed by atoms with van der Waals surface area (Å²) in [6.07, 6.45) is 3.46. The van der Waals surface area contributed by atoms with Crippen molar-refractivity contribution in [2.75, 3.05) is 19.8 Å². The highest BCUT2D eigenvalue weighted by molar-refractivity contribution is 5.14. The van der Waals surface area contributed by atoms with E-state index in [0.717, 1.165) is 19.8 Å². The van der Waals surface area contributed by atoms with Gasteiger partial charge in [-0.15, -0.1) is 0 Å².